The van der Waals surface area contributed by atoms with Gasteiger partial charge in [-0.1, -0.05) is 0 Å². The van der Waals surface area contributed by atoms with Crippen LogP contribution in [0, 0.1) is 12.7 Å². The SMILES string of the molecule is Cc1nc(-c2ccc(F)cc2)c(N)n1C(C)C. The lowest BCUT2D eigenvalue weighted by Crippen LogP contribution is -2.07. The Morgan fingerprint density at radius 1 is 1.24 bits per heavy atom. The Labute approximate surface area is 100 Å². The smallest absolute Gasteiger partial charge is 0.131 e. The monoisotopic (exact) mass is 233 g/mol. The van der Waals surface area contributed by atoms with Crippen molar-refractivity contribution in [1.82, 2.24) is 9.55 Å². The quantitative estimate of drug-likeness (QED) is 0.865. The van der Waals surface area contributed by atoms with Gasteiger partial charge in [-0.25, -0.2) is 9.37 Å². The van der Waals surface area contributed by atoms with Gasteiger partial charge in [-0.15, -0.1) is 0 Å². The van der Waals surface area contributed by atoms with Gasteiger partial charge in [-0.3, -0.25) is 0 Å². The zero-order valence-corrected chi connectivity index (χ0v) is 10.2. The van der Waals surface area contributed by atoms with Crippen LogP contribution in [0.5, 0.6) is 0 Å². The zero-order chi connectivity index (χ0) is 12.6. The summed E-state index contributed by atoms with van der Waals surface area (Å²) in [4.78, 5) is 4.45. The van der Waals surface area contributed by atoms with Crippen molar-refractivity contribution in [1.29, 1.82) is 0 Å². The molecule has 2 aromatic rings. The van der Waals surface area contributed by atoms with Crippen LogP contribution in [-0.4, -0.2) is 9.55 Å². The van der Waals surface area contributed by atoms with Gasteiger partial charge in [0, 0.05) is 11.6 Å². The molecule has 90 valence electrons. The summed E-state index contributed by atoms with van der Waals surface area (Å²) in [5.41, 5.74) is 7.64. The second-order valence-corrected chi connectivity index (χ2v) is 4.36. The summed E-state index contributed by atoms with van der Waals surface area (Å²) in [5.74, 6) is 1.24. The molecule has 0 spiro atoms. The van der Waals surface area contributed by atoms with Crippen LogP contribution >= 0.6 is 0 Å². The number of halogens is 1. The molecule has 0 amide bonds. The summed E-state index contributed by atoms with van der Waals surface area (Å²) < 4.78 is 14.8. The van der Waals surface area contributed by atoms with Crippen molar-refractivity contribution in [3.05, 3.63) is 35.9 Å². The molecule has 0 bridgehead atoms. The van der Waals surface area contributed by atoms with Gasteiger partial charge in [0.15, 0.2) is 0 Å². The lowest BCUT2D eigenvalue weighted by Gasteiger charge is -2.11. The minimum Gasteiger partial charge on any atom is -0.383 e. The first-order valence-corrected chi connectivity index (χ1v) is 5.61. The molecule has 17 heavy (non-hydrogen) atoms. The molecule has 1 aromatic carbocycles. The van der Waals surface area contributed by atoms with E-state index in [0.717, 1.165) is 17.1 Å². The molecule has 1 heterocycles. The van der Waals surface area contributed by atoms with E-state index in [2.05, 4.69) is 18.8 Å². The molecular formula is C13H16FN3. The van der Waals surface area contributed by atoms with Gasteiger partial charge in [-0.05, 0) is 45.0 Å². The van der Waals surface area contributed by atoms with Gasteiger partial charge in [0.2, 0.25) is 0 Å². The molecule has 2 N–H and O–H groups in total. The van der Waals surface area contributed by atoms with Crippen molar-refractivity contribution in [3.63, 3.8) is 0 Å². The number of hydrogen-bond donors (Lipinski definition) is 1. The molecule has 0 radical (unpaired) electrons. The molecule has 0 saturated heterocycles. The third-order valence-corrected chi connectivity index (χ3v) is 2.76. The Balaban J connectivity index is 2.53. The first kappa shape index (κ1) is 11.6. The van der Waals surface area contributed by atoms with E-state index >= 15 is 0 Å². The summed E-state index contributed by atoms with van der Waals surface area (Å²) in [6.45, 7) is 6.03. The van der Waals surface area contributed by atoms with E-state index in [9.17, 15) is 4.39 Å². The summed E-state index contributed by atoms with van der Waals surface area (Å²) in [7, 11) is 0. The number of nitrogens with two attached hydrogens (primary N) is 1. The summed E-state index contributed by atoms with van der Waals surface area (Å²) in [5, 5.41) is 0. The van der Waals surface area contributed by atoms with Gasteiger partial charge < -0.3 is 10.3 Å². The Bertz CT molecular complexity index is 526. The highest BCUT2D eigenvalue weighted by Gasteiger charge is 2.15. The van der Waals surface area contributed by atoms with E-state index in [1.54, 1.807) is 12.1 Å². The number of aromatic nitrogens is 2. The van der Waals surface area contributed by atoms with Crippen molar-refractivity contribution >= 4 is 5.82 Å². The lowest BCUT2D eigenvalue weighted by molar-refractivity contribution is 0.590. The van der Waals surface area contributed by atoms with Crippen molar-refractivity contribution in [3.8, 4) is 11.3 Å². The molecule has 0 fully saturated rings. The van der Waals surface area contributed by atoms with Gasteiger partial charge in [-0.2, -0.15) is 0 Å². The number of aryl methyl sites for hydroxylation is 1. The molecule has 0 aliphatic carbocycles. The van der Waals surface area contributed by atoms with E-state index in [-0.39, 0.29) is 11.9 Å². The van der Waals surface area contributed by atoms with Crippen LogP contribution in [0.25, 0.3) is 11.3 Å². The number of rotatable bonds is 2. The molecule has 0 unspecified atom stereocenters. The summed E-state index contributed by atoms with van der Waals surface area (Å²) in [6, 6.07) is 6.48. The van der Waals surface area contributed by atoms with Crippen molar-refractivity contribution < 1.29 is 4.39 Å². The standard InChI is InChI=1S/C13H16FN3/c1-8(2)17-9(3)16-12(13(17)15)10-4-6-11(14)7-5-10/h4-8H,15H2,1-3H3. The molecule has 0 aliphatic heterocycles. The lowest BCUT2D eigenvalue weighted by atomic mass is 10.1. The average Bonchev–Trinajstić information content (AvgIpc) is 2.55. The first-order valence-electron chi connectivity index (χ1n) is 5.61. The predicted octanol–water partition coefficient (Wildman–Crippen LogP) is 3.16. The van der Waals surface area contributed by atoms with E-state index in [4.69, 9.17) is 5.73 Å². The largest absolute Gasteiger partial charge is 0.383 e. The maximum absolute atomic E-state index is 12.9. The molecule has 0 aliphatic rings. The normalized spacial score (nSPS) is 11.1. The molecule has 4 heteroatoms. The van der Waals surface area contributed by atoms with Gasteiger partial charge in [0.05, 0.1) is 0 Å². The Hall–Kier alpha value is -1.84. The fraction of sp³-hybridized carbons (Fsp3) is 0.308. The first-order chi connectivity index (χ1) is 8.00. The Kier molecular flexibility index (Phi) is 2.88. The number of hydrogen-bond acceptors (Lipinski definition) is 2. The summed E-state index contributed by atoms with van der Waals surface area (Å²) >= 11 is 0. The molecular weight excluding hydrogens is 217 g/mol. The number of nitrogens with zero attached hydrogens (tertiary/aromatic N) is 2. The molecule has 3 nitrogen and oxygen atoms in total. The Morgan fingerprint density at radius 3 is 2.29 bits per heavy atom. The van der Waals surface area contributed by atoms with Crippen molar-refractivity contribution in [2.24, 2.45) is 0 Å². The van der Waals surface area contributed by atoms with E-state index in [0.29, 0.717) is 5.82 Å². The van der Waals surface area contributed by atoms with E-state index in [1.165, 1.54) is 12.1 Å². The highest BCUT2D eigenvalue weighted by Crippen LogP contribution is 2.28. The minimum atomic E-state index is -0.257. The highest BCUT2D eigenvalue weighted by atomic mass is 19.1. The van der Waals surface area contributed by atoms with Crippen molar-refractivity contribution in [2.75, 3.05) is 5.73 Å². The number of imidazole rings is 1. The molecule has 0 saturated carbocycles. The van der Waals surface area contributed by atoms with E-state index in [1.807, 2.05) is 11.5 Å². The van der Waals surface area contributed by atoms with Crippen LogP contribution in [0.1, 0.15) is 25.7 Å². The third kappa shape index (κ3) is 2.02. The maximum atomic E-state index is 12.9. The molecule has 0 atom stereocenters. The number of anilines is 1. The van der Waals surface area contributed by atoms with Crippen LogP contribution in [-0.2, 0) is 0 Å². The van der Waals surface area contributed by atoms with Crippen LogP contribution < -0.4 is 5.73 Å². The predicted molar refractivity (Wildman–Crippen MR) is 67.2 cm³/mol. The molecule has 2 rings (SSSR count). The van der Waals surface area contributed by atoms with E-state index < -0.39 is 0 Å². The topological polar surface area (TPSA) is 43.8 Å². The third-order valence-electron chi connectivity index (χ3n) is 2.76. The zero-order valence-electron chi connectivity index (χ0n) is 10.2. The van der Waals surface area contributed by atoms with Crippen LogP contribution in [0.2, 0.25) is 0 Å². The van der Waals surface area contributed by atoms with Crippen LogP contribution in [0.4, 0.5) is 10.2 Å². The van der Waals surface area contributed by atoms with Crippen molar-refractivity contribution in [2.45, 2.75) is 26.8 Å². The van der Waals surface area contributed by atoms with Crippen LogP contribution in [0.15, 0.2) is 24.3 Å². The van der Waals surface area contributed by atoms with Gasteiger partial charge >= 0.3 is 0 Å². The second kappa shape index (κ2) is 4.20. The van der Waals surface area contributed by atoms with Gasteiger partial charge in [0.1, 0.15) is 23.2 Å². The minimum absolute atomic E-state index is 0.257. The van der Waals surface area contributed by atoms with Crippen LogP contribution in [0.3, 0.4) is 0 Å². The van der Waals surface area contributed by atoms with Gasteiger partial charge in [0.25, 0.3) is 0 Å². The average molecular weight is 233 g/mol. The summed E-state index contributed by atoms with van der Waals surface area (Å²) in [6.07, 6.45) is 0. The molecule has 1 aromatic heterocycles. The fourth-order valence-electron chi connectivity index (χ4n) is 2.03. The number of nitrogen functional groups attached to an aromatic ring is 1. The fourth-order valence-corrected chi connectivity index (χ4v) is 2.03. The Morgan fingerprint density at radius 2 is 1.82 bits per heavy atom. The highest BCUT2D eigenvalue weighted by molar-refractivity contribution is 5.71. The second-order valence-electron chi connectivity index (χ2n) is 4.36. The number of benzene rings is 1. The maximum Gasteiger partial charge on any atom is 0.131 e.